The van der Waals surface area contributed by atoms with E-state index in [-0.39, 0.29) is 11.5 Å². The minimum Gasteiger partial charge on any atom is -0.479 e. The van der Waals surface area contributed by atoms with E-state index in [1.807, 2.05) is 24.3 Å². The highest BCUT2D eigenvalue weighted by atomic mass is 16.6. The molecule has 0 radical (unpaired) electrons. The van der Waals surface area contributed by atoms with Crippen LogP contribution in [0.25, 0.3) is 6.08 Å². The van der Waals surface area contributed by atoms with Crippen LogP contribution < -0.4 is 9.47 Å². The predicted octanol–water partition coefficient (Wildman–Crippen LogP) is 4.20. The fraction of sp³-hybridized carbons (Fsp3) is 0.273. The number of ketones is 1. The van der Waals surface area contributed by atoms with Crippen LogP contribution in [-0.2, 0) is 16.0 Å². The van der Waals surface area contributed by atoms with Gasteiger partial charge in [-0.15, -0.1) is 0 Å². The van der Waals surface area contributed by atoms with Crippen molar-refractivity contribution in [3.8, 4) is 11.5 Å². The smallest absolute Gasteiger partial charge is 0.347 e. The molecule has 1 atom stereocenters. The van der Waals surface area contributed by atoms with Crippen LogP contribution in [0, 0.1) is 0 Å². The van der Waals surface area contributed by atoms with Crippen molar-refractivity contribution >= 4 is 17.8 Å². The van der Waals surface area contributed by atoms with Gasteiger partial charge in [-0.25, -0.2) is 4.79 Å². The molecule has 0 aliphatic carbocycles. The number of fused-ring (bicyclic) bond motifs is 1. The topological polar surface area (TPSA) is 61.8 Å². The van der Waals surface area contributed by atoms with Gasteiger partial charge in [0.1, 0.15) is 11.5 Å². The first-order valence-electron chi connectivity index (χ1n) is 9.02. The zero-order chi connectivity index (χ0) is 19.4. The molecule has 0 spiro atoms. The van der Waals surface area contributed by atoms with E-state index in [9.17, 15) is 9.59 Å². The van der Waals surface area contributed by atoms with Gasteiger partial charge in [0.15, 0.2) is 11.9 Å². The van der Waals surface area contributed by atoms with Gasteiger partial charge in [0.05, 0.1) is 12.2 Å². The number of hydrogen-bond donors (Lipinski definition) is 0. The number of Topliss-reactive ketones (excluding diaryl/α,β-unsaturated/α-hetero) is 1. The van der Waals surface area contributed by atoms with Crippen molar-refractivity contribution < 1.29 is 23.8 Å². The van der Waals surface area contributed by atoms with Crippen LogP contribution >= 0.6 is 0 Å². The van der Waals surface area contributed by atoms with Crippen molar-refractivity contribution in [3.63, 3.8) is 0 Å². The number of aryl methyl sites for hydroxylation is 1. The zero-order valence-corrected chi connectivity index (χ0v) is 15.7. The Morgan fingerprint density at radius 1 is 1.15 bits per heavy atom. The summed E-state index contributed by atoms with van der Waals surface area (Å²) in [4.78, 5) is 24.2. The molecule has 5 heteroatoms. The third-order valence-electron chi connectivity index (χ3n) is 4.26. The van der Waals surface area contributed by atoms with E-state index in [4.69, 9.17) is 14.2 Å². The molecular weight excluding hydrogens is 344 g/mol. The average Bonchev–Trinajstić information content (AvgIpc) is 2.97. The van der Waals surface area contributed by atoms with Crippen molar-refractivity contribution in [2.24, 2.45) is 0 Å². The summed E-state index contributed by atoms with van der Waals surface area (Å²) < 4.78 is 16.2. The highest BCUT2D eigenvalue weighted by molar-refractivity contribution is 6.14. The average molecular weight is 366 g/mol. The van der Waals surface area contributed by atoms with E-state index < -0.39 is 12.1 Å². The minimum absolute atomic E-state index is 0.172. The van der Waals surface area contributed by atoms with Crippen molar-refractivity contribution in [1.29, 1.82) is 0 Å². The predicted molar refractivity (Wildman–Crippen MR) is 102 cm³/mol. The Bertz CT molecular complexity index is 880. The number of ether oxygens (including phenoxy) is 3. The lowest BCUT2D eigenvalue weighted by molar-refractivity contribution is -0.150. The van der Waals surface area contributed by atoms with E-state index >= 15 is 0 Å². The summed E-state index contributed by atoms with van der Waals surface area (Å²) in [7, 11) is 0. The molecule has 0 saturated carbocycles. The van der Waals surface area contributed by atoms with E-state index in [0.717, 1.165) is 12.0 Å². The van der Waals surface area contributed by atoms with Crippen LogP contribution in [0.15, 0.2) is 48.2 Å². The molecule has 2 aromatic rings. The van der Waals surface area contributed by atoms with E-state index in [1.165, 1.54) is 5.56 Å². The first kappa shape index (κ1) is 18.7. The van der Waals surface area contributed by atoms with Crippen LogP contribution in [-0.4, -0.2) is 24.5 Å². The lowest BCUT2D eigenvalue weighted by atomic mass is 10.1. The maximum atomic E-state index is 12.5. The molecule has 1 aliphatic heterocycles. The minimum atomic E-state index is -0.743. The summed E-state index contributed by atoms with van der Waals surface area (Å²) >= 11 is 0. The highest BCUT2D eigenvalue weighted by Crippen LogP contribution is 2.35. The molecular formula is C22H22O5. The van der Waals surface area contributed by atoms with Gasteiger partial charge in [-0.2, -0.15) is 0 Å². The summed E-state index contributed by atoms with van der Waals surface area (Å²) in [5, 5.41) is 0. The van der Waals surface area contributed by atoms with Gasteiger partial charge in [-0.05, 0) is 49.6 Å². The molecule has 5 nitrogen and oxygen atoms in total. The molecule has 1 aliphatic rings. The van der Waals surface area contributed by atoms with Gasteiger partial charge in [0.25, 0.3) is 0 Å². The van der Waals surface area contributed by atoms with Gasteiger partial charge in [-0.1, -0.05) is 31.2 Å². The molecule has 3 rings (SSSR count). The third-order valence-corrected chi connectivity index (χ3v) is 4.26. The Morgan fingerprint density at radius 3 is 2.56 bits per heavy atom. The number of carbonyl (C=O) groups excluding carboxylic acids is 2. The summed E-state index contributed by atoms with van der Waals surface area (Å²) in [6.07, 6.45) is 1.95. The molecule has 0 bridgehead atoms. The van der Waals surface area contributed by atoms with Crippen LogP contribution in [0.5, 0.6) is 11.5 Å². The fourth-order valence-corrected chi connectivity index (χ4v) is 2.75. The Morgan fingerprint density at radius 2 is 1.89 bits per heavy atom. The second-order valence-corrected chi connectivity index (χ2v) is 6.21. The lowest BCUT2D eigenvalue weighted by Gasteiger charge is -2.13. The summed E-state index contributed by atoms with van der Waals surface area (Å²) in [5.74, 6) is 0.520. The molecule has 27 heavy (non-hydrogen) atoms. The summed E-state index contributed by atoms with van der Waals surface area (Å²) in [6.45, 7) is 5.74. The van der Waals surface area contributed by atoms with E-state index in [2.05, 4.69) is 6.92 Å². The number of carbonyl (C=O) groups is 2. The second-order valence-electron chi connectivity index (χ2n) is 6.21. The summed E-state index contributed by atoms with van der Waals surface area (Å²) in [6, 6.07) is 12.9. The largest absolute Gasteiger partial charge is 0.479 e. The number of benzene rings is 2. The first-order chi connectivity index (χ1) is 13.0. The maximum absolute atomic E-state index is 12.5. The Kier molecular flexibility index (Phi) is 5.60. The van der Waals surface area contributed by atoms with Crippen LogP contribution in [0.3, 0.4) is 0 Å². The maximum Gasteiger partial charge on any atom is 0.347 e. The normalized spacial score (nSPS) is 15.2. The summed E-state index contributed by atoms with van der Waals surface area (Å²) in [5.41, 5.74) is 2.61. The van der Waals surface area contributed by atoms with Gasteiger partial charge in [0.2, 0.25) is 5.78 Å². The molecule has 0 aromatic heterocycles. The van der Waals surface area contributed by atoms with E-state index in [1.54, 1.807) is 38.1 Å². The van der Waals surface area contributed by atoms with Crippen LogP contribution in [0.2, 0.25) is 0 Å². The van der Waals surface area contributed by atoms with Crippen molar-refractivity contribution in [2.45, 2.75) is 33.3 Å². The van der Waals surface area contributed by atoms with Gasteiger partial charge in [-0.3, -0.25) is 4.79 Å². The Hall–Kier alpha value is -3.08. The van der Waals surface area contributed by atoms with Crippen LogP contribution in [0.4, 0.5) is 0 Å². The number of allylic oxidation sites excluding steroid dienone is 1. The molecule has 140 valence electrons. The molecule has 1 heterocycles. The number of rotatable bonds is 6. The van der Waals surface area contributed by atoms with Crippen molar-refractivity contribution in [3.05, 3.63) is 64.9 Å². The fourth-order valence-electron chi connectivity index (χ4n) is 2.75. The van der Waals surface area contributed by atoms with Gasteiger partial charge < -0.3 is 14.2 Å². The molecule has 0 saturated heterocycles. The lowest BCUT2D eigenvalue weighted by Crippen LogP contribution is -2.26. The molecule has 2 aromatic carbocycles. The second kappa shape index (κ2) is 8.08. The molecule has 0 amide bonds. The number of hydrogen-bond acceptors (Lipinski definition) is 5. The van der Waals surface area contributed by atoms with Gasteiger partial charge >= 0.3 is 5.97 Å². The Balaban J connectivity index is 1.76. The molecule has 0 N–H and O–H groups in total. The van der Waals surface area contributed by atoms with Crippen molar-refractivity contribution in [2.75, 3.05) is 6.61 Å². The monoisotopic (exact) mass is 366 g/mol. The molecule has 0 fully saturated rings. The number of esters is 1. The van der Waals surface area contributed by atoms with Gasteiger partial charge in [0, 0.05) is 6.07 Å². The van der Waals surface area contributed by atoms with E-state index in [0.29, 0.717) is 23.7 Å². The first-order valence-corrected chi connectivity index (χ1v) is 9.02. The SMILES string of the molecule is CCOC(=O)C(C)Oc1ccc2c(c1)OC(=Cc1ccc(CC)cc1)C2=O. The third kappa shape index (κ3) is 4.19. The zero-order valence-electron chi connectivity index (χ0n) is 15.7. The molecule has 1 unspecified atom stereocenters. The Labute approximate surface area is 158 Å². The van der Waals surface area contributed by atoms with Crippen LogP contribution in [0.1, 0.15) is 42.3 Å². The van der Waals surface area contributed by atoms with Crippen molar-refractivity contribution in [1.82, 2.24) is 0 Å². The quantitative estimate of drug-likeness (QED) is 0.566. The highest BCUT2D eigenvalue weighted by Gasteiger charge is 2.28. The standard InChI is InChI=1S/C22H22O5/c1-4-15-6-8-16(9-7-15)12-20-21(23)18-11-10-17(13-19(18)27-20)26-14(3)22(24)25-5-2/h6-14H,4-5H2,1-3H3.